The average Bonchev–Trinajstić information content (AvgIpc) is 2.63. The van der Waals surface area contributed by atoms with Gasteiger partial charge in [0.25, 0.3) is 0 Å². The van der Waals surface area contributed by atoms with Crippen molar-refractivity contribution in [2.24, 2.45) is 0 Å². The minimum absolute atomic E-state index is 0.0776. The SMILES string of the molecule is Cc1nccc(N(C)C2CCNC2=O)n1. The molecular weight excluding hydrogens is 192 g/mol. The number of amides is 1. The number of hydrogen-bond donors (Lipinski definition) is 1. The molecule has 1 N–H and O–H groups in total. The van der Waals surface area contributed by atoms with Gasteiger partial charge >= 0.3 is 0 Å². The summed E-state index contributed by atoms with van der Waals surface area (Å²) in [5.74, 6) is 1.59. The number of aryl methyl sites for hydroxylation is 1. The number of carbonyl (C=O) groups excluding carboxylic acids is 1. The Morgan fingerprint density at radius 1 is 1.60 bits per heavy atom. The van der Waals surface area contributed by atoms with E-state index in [0.717, 1.165) is 24.6 Å². The van der Waals surface area contributed by atoms with Gasteiger partial charge in [0.05, 0.1) is 0 Å². The van der Waals surface area contributed by atoms with Crippen molar-refractivity contribution in [1.82, 2.24) is 15.3 Å². The molecule has 1 aromatic heterocycles. The van der Waals surface area contributed by atoms with E-state index in [1.807, 2.05) is 24.9 Å². The van der Waals surface area contributed by atoms with Crippen LogP contribution in [0.4, 0.5) is 5.82 Å². The van der Waals surface area contributed by atoms with Gasteiger partial charge in [0.15, 0.2) is 0 Å². The molecule has 0 aromatic carbocycles. The van der Waals surface area contributed by atoms with Crippen molar-refractivity contribution in [3.8, 4) is 0 Å². The van der Waals surface area contributed by atoms with Crippen molar-refractivity contribution in [3.05, 3.63) is 18.1 Å². The van der Waals surface area contributed by atoms with Crippen LogP contribution >= 0.6 is 0 Å². The molecule has 0 bridgehead atoms. The van der Waals surface area contributed by atoms with Gasteiger partial charge in [-0.05, 0) is 19.4 Å². The molecule has 15 heavy (non-hydrogen) atoms. The standard InChI is InChI=1S/C10H14N4O/c1-7-11-6-4-9(13-7)14(2)8-3-5-12-10(8)15/h4,6,8H,3,5H2,1-2H3,(H,12,15). The number of carbonyl (C=O) groups is 1. The molecule has 5 heteroatoms. The Balaban J connectivity index is 2.20. The molecule has 2 rings (SSSR count). The van der Waals surface area contributed by atoms with Crippen LogP contribution in [0.2, 0.25) is 0 Å². The molecule has 1 aromatic rings. The molecular formula is C10H14N4O. The molecule has 1 unspecified atom stereocenters. The second-order valence-corrected chi connectivity index (χ2v) is 3.67. The first-order valence-electron chi connectivity index (χ1n) is 4.98. The Bertz CT molecular complexity index is 379. The number of rotatable bonds is 2. The highest BCUT2D eigenvalue weighted by Crippen LogP contribution is 2.15. The van der Waals surface area contributed by atoms with E-state index in [4.69, 9.17) is 0 Å². The van der Waals surface area contributed by atoms with Crippen molar-refractivity contribution in [2.75, 3.05) is 18.5 Å². The van der Waals surface area contributed by atoms with Crippen LogP contribution in [-0.2, 0) is 4.79 Å². The van der Waals surface area contributed by atoms with E-state index in [-0.39, 0.29) is 11.9 Å². The molecule has 0 spiro atoms. The zero-order chi connectivity index (χ0) is 10.8. The minimum Gasteiger partial charge on any atom is -0.354 e. The summed E-state index contributed by atoms with van der Waals surface area (Å²) in [6, 6.07) is 1.72. The molecule has 1 atom stereocenters. The fourth-order valence-corrected chi connectivity index (χ4v) is 1.75. The van der Waals surface area contributed by atoms with E-state index in [1.54, 1.807) is 6.20 Å². The average molecular weight is 206 g/mol. The van der Waals surface area contributed by atoms with Crippen molar-refractivity contribution in [1.29, 1.82) is 0 Å². The van der Waals surface area contributed by atoms with E-state index in [2.05, 4.69) is 15.3 Å². The van der Waals surface area contributed by atoms with Crippen molar-refractivity contribution in [2.45, 2.75) is 19.4 Å². The summed E-state index contributed by atoms with van der Waals surface area (Å²) in [5.41, 5.74) is 0. The third-order valence-electron chi connectivity index (χ3n) is 2.61. The predicted octanol–water partition coefficient (Wildman–Crippen LogP) is 0.110. The minimum atomic E-state index is -0.0979. The molecule has 1 aliphatic heterocycles. The topological polar surface area (TPSA) is 58.1 Å². The van der Waals surface area contributed by atoms with Gasteiger partial charge in [0, 0.05) is 19.8 Å². The van der Waals surface area contributed by atoms with Crippen molar-refractivity contribution in [3.63, 3.8) is 0 Å². The highest BCUT2D eigenvalue weighted by molar-refractivity contribution is 5.86. The Morgan fingerprint density at radius 2 is 2.40 bits per heavy atom. The number of aromatic nitrogens is 2. The summed E-state index contributed by atoms with van der Waals surface area (Å²) in [4.78, 5) is 21.7. The van der Waals surface area contributed by atoms with Crippen LogP contribution < -0.4 is 10.2 Å². The summed E-state index contributed by atoms with van der Waals surface area (Å²) in [6.45, 7) is 2.59. The zero-order valence-electron chi connectivity index (χ0n) is 8.90. The fraction of sp³-hybridized carbons (Fsp3) is 0.500. The molecule has 1 aliphatic rings. The fourth-order valence-electron chi connectivity index (χ4n) is 1.75. The maximum atomic E-state index is 11.5. The lowest BCUT2D eigenvalue weighted by Crippen LogP contribution is -2.38. The number of nitrogens with zero attached hydrogens (tertiary/aromatic N) is 3. The largest absolute Gasteiger partial charge is 0.354 e. The van der Waals surface area contributed by atoms with Gasteiger partial charge in [-0.3, -0.25) is 4.79 Å². The number of nitrogens with one attached hydrogen (secondary N) is 1. The first kappa shape index (κ1) is 9.89. The molecule has 0 saturated carbocycles. The first-order valence-corrected chi connectivity index (χ1v) is 4.98. The van der Waals surface area contributed by atoms with Crippen LogP contribution in [0.25, 0.3) is 0 Å². The van der Waals surface area contributed by atoms with Gasteiger partial charge < -0.3 is 10.2 Å². The molecule has 2 heterocycles. The van der Waals surface area contributed by atoms with Crippen LogP contribution in [0.5, 0.6) is 0 Å². The molecule has 0 aliphatic carbocycles. The third kappa shape index (κ3) is 1.91. The molecule has 80 valence electrons. The van der Waals surface area contributed by atoms with E-state index in [9.17, 15) is 4.79 Å². The van der Waals surface area contributed by atoms with Crippen LogP contribution in [0, 0.1) is 6.92 Å². The lowest BCUT2D eigenvalue weighted by atomic mass is 10.2. The lowest BCUT2D eigenvalue weighted by molar-refractivity contribution is -0.120. The molecule has 5 nitrogen and oxygen atoms in total. The van der Waals surface area contributed by atoms with E-state index in [0.29, 0.717) is 0 Å². The third-order valence-corrected chi connectivity index (χ3v) is 2.61. The normalized spacial score (nSPS) is 20.1. The van der Waals surface area contributed by atoms with Gasteiger partial charge in [0.1, 0.15) is 17.7 Å². The summed E-state index contributed by atoms with van der Waals surface area (Å²) in [5, 5.41) is 2.81. The number of likely N-dealkylation sites (N-methyl/N-ethyl adjacent to an activating group) is 1. The van der Waals surface area contributed by atoms with Gasteiger partial charge in [-0.2, -0.15) is 0 Å². The van der Waals surface area contributed by atoms with Crippen LogP contribution in [0.15, 0.2) is 12.3 Å². The van der Waals surface area contributed by atoms with Crippen molar-refractivity contribution < 1.29 is 4.79 Å². The highest BCUT2D eigenvalue weighted by atomic mass is 16.2. The number of hydrogen-bond acceptors (Lipinski definition) is 4. The lowest BCUT2D eigenvalue weighted by Gasteiger charge is -2.23. The smallest absolute Gasteiger partial charge is 0.242 e. The maximum Gasteiger partial charge on any atom is 0.242 e. The predicted molar refractivity (Wildman–Crippen MR) is 56.6 cm³/mol. The van der Waals surface area contributed by atoms with E-state index in [1.165, 1.54) is 0 Å². The summed E-state index contributed by atoms with van der Waals surface area (Å²) in [6.07, 6.45) is 2.54. The van der Waals surface area contributed by atoms with E-state index < -0.39 is 0 Å². The number of anilines is 1. The molecule has 1 amide bonds. The summed E-state index contributed by atoms with van der Waals surface area (Å²) < 4.78 is 0. The Labute approximate surface area is 88.5 Å². The second-order valence-electron chi connectivity index (χ2n) is 3.67. The Morgan fingerprint density at radius 3 is 3.00 bits per heavy atom. The second kappa shape index (κ2) is 3.84. The zero-order valence-corrected chi connectivity index (χ0v) is 8.90. The van der Waals surface area contributed by atoms with Gasteiger partial charge in [-0.25, -0.2) is 9.97 Å². The quantitative estimate of drug-likeness (QED) is 0.746. The Kier molecular flexibility index (Phi) is 2.53. The van der Waals surface area contributed by atoms with Crippen LogP contribution in [0.1, 0.15) is 12.2 Å². The van der Waals surface area contributed by atoms with Crippen LogP contribution in [-0.4, -0.2) is 35.5 Å². The van der Waals surface area contributed by atoms with Gasteiger partial charge in [-0.1, -0.05) is 0 Å². The van der Waals surface area contributed by atoms with Gasteiger partial charge in [-0.15, -0.1) is 0 Å². The molecule has 1 saturated heterocycles. The van der Waals surface area contributed by atoms with Crippen LogP contribution in [0.3, 0.4) is 0 Å². The molecule has 1 fully saturated rings. The summed E-state index contributed by atoms with van der Waals surface area (Å²) >= 11 is 0. The Hall–Kier alpha value is -1.65. The maximum absolute atomic E-state index is 11.5. The summed E-state index contributed by atoms with van der Waals surface area (Å²) in [7, 11) is 1.89. The van der Waals surface area contributed by atoms with E-state index >= 15 is 0 Å². The first-order chi connectivity index (χ1) is 7.18. The van der Waals surface area contributed by atoms with Gasteiger partial charge in [0.2, 0.25) is 5.91 Å². The monoisotopic (exact) mass is 206 g/mol. The molecule has 0 radical (unpaired) electrons. The highest BCUT2D eigenvalue weighted by Gasteiger charge is 2.28. The van der Waals surface area contributed by atoms with Crippen molar-refractivity contribution >= 4 is 11.7 Å².